The van der Waals surface area contributed by atoms with Gasteiger partial charge in [-0.1, -0.05) is 42.5 Å². The number of para-hydroxylation sites is 2. The van der Waals surface area contributed by atoms with E-state index in [-0.39, 0.29) is 0 Å². The van der Waals surface area contributed by atoms with Gasteiger partial charge >= 0.3 is 0 Å². The molecule has 5 rings (SSSR count). The summed E-state index contributed by atoms with van der Waals surface area (Å²) in [6.45, 7) is 0. The van der Waals surface area contributed by atoms with Crippen LogP contribution in [0, 0.1) is 0 Å². The minimum absolute atomic E-state index is 0.863. The normalized spacial score (nSPS) is 11.4. The van der Waals surface area contributed by atoms with E-state index in [2.05, 4.69) is 52.9 Å². The molecule has 0 saturated heterocycles. The van der Waals surface area contributed by atoms with Crippen molar-refractivity contribution >= 4 is 27.5 Å². The summed E-state index contributed by atoms with van der Waals surface area (Å²) in [7, 11) is 1.70. The van der Waals surface area contributed by atoms with Crippen molar-refractivity contribution in [2.24, 2.45) is 0 Å². The van der Waals surface area contributed by atoms with E-state index < -0.39 is 0 Å². The van der Waals surface area contributed by atoms with Crippen LogP contribution in [0.15, 0.2) is 78.9 Å². The third-order valence-corrected chi connectivity index (χ3v) is 4.65. The van der Waals surface area contributed by atoms with Crippen LogP contribution in [0.1, 0.15) is 0 Å². The van der Waals surface area contributed by atoms with Gasteiger partial charge in [-0.15, -0.1) is 0 Å². The zero-order chi connectivity index (χ0) is 16.8. The highest BCUT2D eigenvalue weighted by Gasteiger charge is 2.14. The molecular weight excluding hydrogens is 308 g/mol. The molecule has 0 N–H and O–H groups in total. The molecule has 0 fully saturated rings. The molecule has 0 atom stereocenters. The average Bonchev–Trinajstić information content (AvgIpc) is 3.06. The number of fused-ring (bicyclic) bond motifs is 5. The maximum atomic E-state index is 5.40. The Kier molecular flexibility index (Phi) is 3.01. The van der Waals surface area contributed by atoms with Gasteiger partial charge in [-0.25, -0.2) is 4.98 Å². The van der Waals surface area contributed by atoms with Gasteiger partial charge in [0.15, 0.2) is 0 Å². The van der Waals surface area contributed by atoms with Crippen LogP contribution in [0.5, 0.6) is 5.75 Å². The molecule has 3 aromatic carbocycles. The Morgan fingerprint density at radius 2 is 1.56 bits per heavy atom. The van der Waals surface area contributed by atoms with E-state index in [1.165, 1.54) is 0 Å². The third kappa shape index (κ3) is 2.09. The molecule has 0 unspecified atom stereocenters. The van der Waals surface area contributed by atoms with Crippen molar-refractivity contribution in [3.8, 4) is 17.0 Å². The zero-order valence-corrected chi connectivity index (χ0v) is 13.8. The van der Waals surface area contributed by atoms with E-state index in [4.69, 9.17) is 9.72 Å². The average molecular weight is 324 g/mol. The van der Waals surface area contributed by atoms with E-state index in [1.54, 1.807) is 7.11 Å². The van der Waals surface area contributed by atoms with E-state index in [0.29, 0.717) is 0 Å². The summed E-state index contributed by atoms with van der Waals surface area (Å²) in [6, 6.07) is 27.0. The van der Waals surface area contributed by atoms with Gasteiger partial charge in [0.1, 0.15) is 5.75 Å². The summed E-state index contributed by atoms with van der Waals surface area (Å²) < 4.78 is 7.69. The molecule has 3 nitrogen and oxygen atoms in total. The van der Waals surface area contributed by atoms with Crippen LogP contribution in [0.25, 0.3) is 38.7 Å². The number of nitrogens with zero attached hydrogens (tertiary/aromatic N) is 2. The Bertz CT molecular complexity index is 1220. The first-order valence-corrected chi connectivity index (χ1v) is 8.28. The van der Waals surface area contributed by atoms with Crippen LogP contribution in [0.4, 0.5) is 0 Å². The Balaban J connectivity index is 1.99. The molecule has 0 saturated carbocycles. The van der Waals surface area contributed by atoms with Gasteiger partial charge in [-0.3, -0.25) is 0 Å². The summed E-state index contributed by atoms with van der Waals surface area (Å²) in [6.07, 6.45) is 0. The highest BCUT2D eigenvalue weighted by Crippen LogP contribution is 2.33. The van der Waals surface area contributed by atoms with Crippen molar-refractivity contribution in [2.75, 3.05) is 7.11 Å². The second-order valence-corrected chi connectivity index (χ2v) is 6.10. The summed E-state index contributed by atoms with van der Waals surface area (Å²) in [5, 5.41) is 1.15. The van der Waals surface area contributed by atoms with Gasteiger partial charge in [-0.05, 0) is 36.4 Å². The fourth-order valence-electron chi connectivity index (χ4n) is 3.49. The van der Waals surface area contributed by atoms with Gasteiger partial charge < -0.3 is 9.14 Å². The monoisotopic (exact) mass is 324 g/mol. The number of hydrogen-bond donors (Lipinski definition) is 0. The molecule has 120 valence electrons. The molecule has 0 aliphatic heterocycles. The first-order valence-electron chi connectivity index (χ1n) is 8.28. The minimum Gasteiger partial charge on any atom is -0.497 e. The molecule has 0 amide bonds. The van der Waals surface area contributed by atoms with Crippen LogP contribution in [-0.4, -0.2) is 16.5 Å². The van der Waals surface area contributed by atoms with Crippen molar-refractivity contribution in [1.29, 1.82) is 0 Å². The van der Waals surface area contributed by atoms with Crippen molar-refractivity contribution in [3.05, 3.63) is 78.9 Å². The molecule has 0 radical (unpaired) electrons. The van der Waals surface area contributed by atoms with Gasteiger partial charge in [0, 0.05) is 10.9 Å². The standard InChI is InChI=1S/C22H16N2O/c1-25-17-11-12-19-16(13-17)14-21-22(15-7-3-2-4-8-15)23-18-9-5-6-10-20(18)24(19)21/h2-14H,1H3. The van der Waals surface area contributed by atoms with Crippen molar-refractivity contribution in [1.82, 2.24) is 9.38 Å². The third-order valence-electron chi connectivity index (χ3n) is 4.65. The smallest absolute Gasteiger partial charge is 0.119 e. The first-order chi connectivity index (χ1) is 12.3. The maximum absolute atomic E-state index is 5.40. The number of ether oxygens (including phenoxy) is 1. The lowest BCUT2D eigenvalue weighted by Crippen LogP contribution is -1.95. The predicted octanol–water partition coefficient (Wildman–Crippen LogP) is 5.32. The summed E-state index contributed by atoms with van der Waals surface area (Å²) in [5.41, 5.74) is 6.47. The minimum atomic E-state index is 0.863. The summed E-state index contributed by atoms with van der Waals surface area (Å²) in [5.74, 6) is 0.863. The SMILES string of the molecule is COc1ccc2c(c1)cc1c(-c3ccccc3)nc3ccccc3n12. The molecular formula is C22H16N2O. The van der Waals surface area contributed by atoms with E-state index in [1.807, 2.05) is 30.3 Å². The second-order valence-electron chi connectivity index (χ2n) is 6.10. The molecule has 25 heavy (non-hydrogen) atoms. The highest BCUT2D eigenvalue weighted by molar-refractivity contribution is 5.98. The highest BCUT2D eigenvalue weighted by atomic mass is 16.5. The van der Waals surface area contributed by atoms with Crippen LogP contribution in [0.2, 0.25) is 0 Å². The fourth-order valence-corrected chi connectivity index (χ4v) is 3.49. The largest absolute Gasteiger partial charge is 0.497 e. The summed E-state index contributed by atoms with van der Waals surface area (Å²) >= 11 is 0. The molecule has 0 bridgehead atoms. The quantitative estimate of drug-likeness (QED) is 0.439. The van der Waals surface area contributed by atoms with Gasteiger partial charge in [0.25, 0.3) is 0 Å². The molecule has 2 heterocycles. The van der Waals surface area contributed by atoms with Crippen molar-refractivity contribution < 1.29 is 4.74 Å². The fraction of sp³-hybridized carbons (Fsp3) is 0.0455. The van der Waals surface area contributed by atoms with Crippen LogP contribution < -0.4 is 4.74 Å². The van der Waals surface area contributed by atoms with E-state index in [9.17, 15) is 0 Å². The van der Waals surface area contributed by atoms with Crippen LogP contribution >= 0.6 is 0 Å². The van der Waals surface area contributed by atoms with Gasteiger partial charge in [-0.2, -0.15) is 0 Å². The zero-order valence-electron chi connectivity index (χ0n) is 13.8. The lowest BCUT2D eigenvalue weighted by molar-refractivity contribution is 0.415. The molecule has 0 spiro atoms. The Morgan fingerprint density at radius 1 is 0.760 bits per heavy atom. The Hall–Kier alpha value is -3.33. The van der Waals surface area contributed by atoms with Crippen LogP contribution in [-0.2, 0) is 0 Å². The molecule has 2 aromatic heterocycles. The number of aromatic nitrogens is 2. The lowest BCUT2D eigenvalue weighted by atomic mass is 10.1. The number of benzene rings is 3. The maximum Gasteiger partial charge on any atom is 0.119 e. The number of hydrogen-bond acceptors (Lipinski definition) is 2. The van der Waals surface area contributed by atoms with Crippen molar-refractivity contribution in [3.63, 3.8) is 0 Å². The van der Waals surface area contributed by atoms with Crippen molar-refractivity contribution in [2.45, 2.75) is 0 Å². The Labute approximate surface area is 145 Å². The molecule has 5 aromatic rings. The number of rotatable bonds is 2. The first kappa shape index (κ1) is 14.1. The topological polar surface area (TPSA) is 26.5 Å². The van der Waals surface area contributed by atoms with E-state index in [0.717, 1.165) is 44.5 Å². The van der Waals surface area contributed by atoms with Gasteiger partial charge in [0.2, 0.25) is 0 Å². The van der Waals surface area contributed by atoms with Gasteiger partial charge in [0.05, 0.1) is 34.9 Å². The predicted molar refractivity (Wildman–Crippen MR) is 102 cm³/mol. The molecule has 3 heteroatoms. The Morgan fingerprint density at radius 3 is 2.40 bits per heavy atom. The van der Waals surface area contributed by atoms with E-state index >= 15 is 0 Å². The molecule has 0 aliphatic carbocycles. The van der Waals surface area contributed by atoms with Crippen LogP contribution in [0.3, 0.4) is 0 Å². The lowest BCUT2D eigenvalue weighted by Gasteiger charge is -2.09. The number of methoxy groups -OCH3 is 1. The second kappa shape index (κ2) is 5.35. The molecule has 0 aliphatic rings. The summed E-state index contributed by atoms with van der Waals surface area (Å²) in [4.78, 5) is 4.96.